The lowest BCUT2D eigenvalue weighted by Gasteiger charge is -2.52. The van der Waals surface area contributed by atoms with Crippen LogP contribution in [0, 0.1) is 17.3 Å². The quantitative estimate of drug-likeness (QED) is 0.589. The van der Waals surface area contributed by atoms with Crippen LogP contribution in [-0.4, -0.2) is 15.8 Å². The van der Waals surface area contributed by atoms with Gasteiger partial charge in [-0.3, -0.25) is 0 Å². The van der Waals surface area contributed by atoms with Crippen molar-refractivity contribution in [3.8, 4) is 5.75 Å². The Hall–Kier alpha value is -1.71. The van der Waals surface area contributed by atoms with E-state index < -0.39 is 5.60 Å². The molecule has 0 aromatic heterocycles. The van der Waals surface area contributed by atoms with Crippen molar-refractivity contribution in [2.45, 2.75) is 61.9 Å². The second-order valence-corrected chi connectivity index (χ2v) is 10.4. The molecule has 2 N–H and O–H groups in total. The minimum atomic E-state index is -0.709. The molecule has 152 valence electrons. The van der Waals surface area contributed by atoms with Crippen molar-refractivity contribution < 1.29 is 10.2 Å². The molecule has 2 saturated carbocycles. The van der Waals surface area contributed by atoms with Crippen LogP contribution in [0.2, 0.25) is 0 Å². The summed E-state index contributed by atoms with van der Waals surface area (Å²) in [5, 5.41) is 23.7. The summed E-state index contributed by atoms with van der Waals surface area (Å²) in [5.41, 5.74) is 2.03. The Morgan fingerprint density at radius 2 is 1.86 bits per heavy atom. The van der Waals surface area contributed by atoms with Gasteiger partial charge in [0, 0.05) is 10.3 Å². The molecule has 29 heavy (non-hydrogen) atoms. The number of phenolic OH excluding ortho intramolecular Hbond substituents is 1. The molecule has 0 radical (unpaired) electrons. The molecule has 0 amide bonds. The zero-order valence-corrected chi connectivity index (χ0v) is 17.9. The predicted octanol–water partition coefficient (Wildman–Crippen LogP) is 6.29. The lowest BCUT2D eigenvalue weighted by molar-refractivity contribution is -0.0708. The minimum Gasteiger partial charge on any atom is -0.508 e. The normalized spacial score (nSPS) is 35.9. The molecule has 5 rings (SSSR count). The third-order valence-corrected chi connectivity index (χ3v) is 9.03. The summed E-state index contributed by atoms with van der Waals surface area (Å²) in [6, 6.07) is 16.3. The summed E-state index contributed by atoms with van der Waals surface area (Å²) < 4.78 is 0. The van der Waals surface area contributed by atoms with E-state index in [4.69, 9.17) is 0 Å². The molecule has 2 nitrogen and oxygen atoms in total. The number of thioether (sulfide) groups is 1. The minimum absolute atomic E-state index is 0.0453. The number of benzene rings is 2. The molecule has 2 aromatic carbocycles. The smallest absolute Gasteiger partial charge is 0.115 e. The average Bonchev–Trinajstić information content (AvgIpc) is 2.99. The van der Waals surface area contributed by atoms with E-state index >= 15 is 0 Å². The van der Waals surface area contributed by atoms with Gasteiger partial charge < -0.3 is 10.2 Å². The van der Waals surface area contributed by atoms with Crippen LogP contribution in [0.3, 0.4) is 0 Å². The maximum absolute atomic E-state index is 11.7. The summed E-state index contributed by atoms with van der Waals surface area (Å²) in [4.78, 5) is 1.21. The SMILES string of the molecule is C[C@]12CC[C@@H]3c4ccc(O)cc4CC[C@H]3[C@@H]1CC[C@@]2(O)/C=C\Sc1ccccc1. The molecule has 0 unspecified atom stereocenters. The molecule has 0 heterocycles. The fourth-order valence-corrected chi connectivity index (χ4v) is 7.38. The largest absolute Gasteiger partial charge is 0.508 e. The summed E-state index contributed by atoms with van der Waals surface area (Å²) in [7, 11) is 0. The Morgan fingerprint density at radius 3 is 2.69 bits per heavy atom. The maximum Gasteiger partial charge on any atom is 0.115 e. The Bertz CT molecular complexity index is 924. The summed E-state index contributed by atoms with van der Waals surface area (Å²) >= 11 is 1.69. The molecular formula is C26H30O2S. The van der Waals surface area contributed by atoms with Gasteiger partial charge in [-0.15, -0.1) is 0 Å². The van der Waals surface area contributed by atoms with E-state index in [1.807, 2.05) is 18.2 Å². The molecule has 0 saturated heterocycles. The molecule has 0 spiro atoms. The second kappa shape index (κ2) is 7.21. The van der Waals surface area contributed by atoms with Crippen LogP contribution < -0.4 is 0 Å². The van der Waals surface area contributed by atoms with Crippen LogP contribution in [0.5, 0.6) is 5.75 Å². The zero-order valence-electron chi connectivity index (χ0n) is 17.1. The lowest BCUT2D eigenvalue weighted by atomic mass is 9.53. The third kappa shape index (κ3) is 3.14. The highest BCUT2D eigenvalue weighted by Crippen LogP contribution is 2.64. The number of aromatic hydroxyl groups is 1. The molecule has 0 bridgehead atoms. The first-order valence-corrected chi connectivity index (χ1v) is 11.8. The van der Waals surface area contributed by atoms with Crippen molar-refractivity contribution in [2.75, 3.05) is 0 Å². The van der Waals surface area contributed by atoms with Gasteiger partial charge in [0.05, 0.1) is 5.60 Å². The topological polar surface area (TPSA) is 40.5 Å². The van der Waals surface area contributed by atoms with E-state index in [-0.39, 0.29) is 5.41 Å². The molecule has 3 aliphatic carbocycles. The first-order valence-electron chi connectivity index (χ1n) is 10.9. The first kappa shape index (κ1) is 19.3. The highest BCUT2D eigenvalue weighted by atomic mass is 32.2. The fraction of sp³-hybridized carbons (Fsp3) is 0.462. The second-order valence-electron chi connectivity index (χ2n) is 9.45. The van der Waals surface area contributed by atoms with Gasteiger partial charge in [0.2, 0.25) is 0 Å². The number of fused-ring (bicyclic) bond motifs is 5. The van der Waals surface area contributed by atoms with Crippen molar-refractivity contribution in [3.05, 3.63) is 71.1 Å². The Morgan fingerprint density at radius 1 is 1.03 bits per heavy atom. The van der Waals surface area contributed by atoms with Crippen LogP contribution in [0.4, 0.5) is 0 Å². The van der Waals surface area contributed by atoms with Gasteiger partial charge in [-0.1, -0.05) is 43.0 Å². The molecule has 3 heteroatoms. The standard InChI is InChI=1S/C26H30O2S/c1-25-13-11-22-21-10-8-19(27)17-18(21)7-9-23(22)24(25)12-14-26(25,28)15-16-29-20-5-3-2-4-6-20/h2-6,8,10,15-17,22-24,27-28H,7,9,11-14H2,1H3/b16-15-/t22-,23-,24+,25+,26-/m1/s1. The third-order valence-electron chi connectivity index (χ3n) is 8.22. The molecule has 0 aliphatic heterocycles. The monoisotopic (exact) mass is 406 g/mol. The Kier molecular flexibility index (Phi) is 4.79. The number of hydrogen-bond acceptors (Lipinski definition) is 3. The Balaban J connectivity index is 1.38. The van der Waals surface area contributed by atoms with E-state index in [1.165, 1.54) is 22.4 Å². The van der Waals surface area contributed by atoms with E-state index in [0.29, 0.717) is 23.5 Å². The molecule has 2 aromatic rings. The zero-order chi connectivity index (χ0) is 20.1. The van der Waals surface area contributed by atoms with E-state index in [2.05, 4.69) is 48.7 Å². The maximum atomic E-state index is 11.7. The van der Waals surface area contributed by atoms with Gasteiger partial charge in [-0.2, -0.15) is 0 Å². The van der Waals surface area contributed by atoms with E-state index in [1.54, 1.807) is 11.8 Å². The van der Waals surface area contributed by atoms with E-state index in [0.717, 1.165) is 32.1 Å². The van der Waals surface area contributed by atoms with Gasteiger partial charge in [0.1, 0.15) is 5.75 Å². The molecule has 3 aliphatic rings. The number of phenols is 1. The van der Waals surface area contributed by atoms with Gasteiger partial charge in [0.25, 0.3) is 0 Å². The van der Waals surface area contributed by atoms with Crippen LogP contribution >= 0.6 is 11.8 Å². The Labute approximate surface area is 178 Å². The van der Waals surface area contributed by atoms with Gasteiger partial charge in [-0.05, 0) is 103 Å². The summed E-state index contributed by atoms with van der Waals surface area (Å²) in [6.07, 6.45) is 8.51. The van der Waals surface area contributed by atoms with Gasteiger partial charge in [0.15, 0.2) is 0 Å². The van der Waals surface area contributed by atoms with E-state index in [9.17, 15) is 10.2 Å². The van der Waals surface area contributed by atoms with Gasteiger partial charge in [-0.25, -0.2) is 0 Å². The van der Waals surface area contributed by atoms with Crippen molar-refractivity contribution in [2.24, 2.45) is 17.3 Å². The molecule has 5 atom stereocenters. The summed E-state index contributed by atoms with van der Waals surface area (Å²) in [5.74, 6) is 2.19. The number of rotatable bonds is 3. The van der Waals surface area contributed by atoms with Crippen LogP contribution in [-0.2, 0) is 6.42 Å². The highest BCUT2D eigenvalue weighted by Gasteiger charge is 2.60. The highest BCUT2D eigenvalue weighted by molar-refractivity contribution is 8.02. The predicted molar refractivity (Wildman–Crippen MR) is 119 cm³/mol. The molecule has 2 fully saturated rings. The first-order chi connectivity index (χ1) is 14.0. The molecular weight excluding hydrogens is 376 g/mol. The number of aliphatic hydroxyl groups is 1. The van der Waals surface area contributed by atoms with Crippen molar-refractivity contribution in [3.63, 3.8) is 0 Å². The number of aryl methyl sites for hydroxylation is 1. The number of hydrogen-bond donors (Lipinski definition) is 2. The van der Waals surface area contributed by atoms with Crippen molar-refractivity contribution in [1.29, 1.82) is 0 Å². The van der Waals surface area contributed by atoms with Crippen molar-refractivity contribution >= 4 is 11.8 Å². The van der Waals surface area contributed by atoms with Crippen LogP contribution in [0.15, 0.2) is 64.9 Å². The summed E-state index contributed by atoms with van der Waals surface area (Å²) in [6.45, 7) is 2.34. The fourth-order valence-electron chi connectivity index (χ4n) is 6.62. The van der Waals surface area contributed by atoms with Crippen LogP contribution in [0.1, 0.15) is 56.1 Å². The van der Waals surface area contributed by atoms with Crippen LogP contribution in [0.25, 0.3) is 0 Å². The average molecular weight is 407 g/mol. The van der Waals surface area contributed by atoms with Crippen molar-refractivity contribution in [1.82, 2.24) is 0 Å². The lowest BCUT2D eigenvalue weighted by Crippen LogP contribution is -2.49. The van der Waals surface area contributed by atoms with Gasteiger partial charge >= 0.3 is 0 Å².